The average molecular weight is 475 g/mol. The van der Waals surface area contributed by atoms with E-state index in [1.807, 2.05) is 53.9 Å². The van der Waals surface area contributed by atoms with Gasteiger partial charge in [0.15, 0.2) is 6.10 Å². The molecule has 7 heteroatoms. The lowest BCUT2D eigenvalue weighted by molar-refractivity contribution is -0.125. The number of nitrogens with zero attached hydrogens (tertiary/aromatic N) is 2. The number of aromatic nitrogens is 1. The molecule has 4 aromatic rings. The van der Waals surface area contributed by atoms with Gasteiger partial charge in [0.2, 0.25) is 0 Å². The number of methoxy groups -OCH3 is 1. The molecule has 1 amide bonds. The van der Waals surface area contributed by atoms with Crippen LogP contribution >= 0.6 is 11.3 Å². The van der Waals surface area contributed by atoms with Gasteiger partial charge in [-0.15, -0.1) is 11.3 Å². The van der Waals surface area contributed by atoms with Crippen molar-refractivity contribution in [1.82, 2.24) is 4.98 Å². The minimum absolute atomic E-state index is 0.0785. The summed E-state index contributed by atoms with van der Waals surface area (Å²) in [5, 5.41) is 5.24. The molecule has 3 aromatic carbocycles. The van der Waals surface area contributed by atoms with Crippen molar-refractivity contribution < 1.29 is 19.0 Å². The molecule has 1 unspecified atom stereocenters. The first-order chi connectivity index (χ1) is 16.6. The quantitative estimate of drug-likeness (QED) is 0.345. The first-order valence-electron chi connectivity index (χ1n) is 11.3. The van der Waals surface area contributed by atoms with E-state index in [-0.39, 0.29) is 5.91 Å². The molecule has 0 saturated carbocycles. The van der Waals surface area contributed by atoms with Crippen molar-refractivity contribution in [2.24, 2.45) is 0 Å². The predicted molar refractivity (Wildman–Crippen MR) is 135 cm³/mol. The summed E-state index contributed by atoms with van der Waals surface area (Å²) in [4.78, 5) is 19.5. The molecule has 0 bridgehead atoms. The second kappa shape index (κ2) is 9.83. The Morgan fingerprint density at radius 3 is 2.82 bits per heavy atom. The van der Waals surface area contributed by atoms with Gasteiger partial charge >= 0.3 is 0 Å². The Hall–Kier alpha value is -3.42. The first-order valence-corrected chi connectivity index (χ1v) is 12.2. The van der Waals surface area contributed by atoms with E-state index in [0.717, 1.165) is 44.9 Å². The fraction of sp³-hybridized carbons (Fsp3) is 0.259. The van der Waals surface area contributed by atoms with Gasteiger partial charge in [-0.2, -0.15) is 0 Å². The van der Waals surface area contributed by atoms with E-state index in [4.69, 9.17) is 19.2 Å². The lowest BCUT2D eigenvalue weighted by Gasteiger charge is -2.33. The number of benzene rings is 3. The Balaban J connectivity index is 1.37. The van der Waals surface area contributed by atoms with Gasteiger partial charge in [-0.25, -0.2) is 4.98 Å². The Labute approximate surface area is 202 Å². The molecule has 174 valence electrons. The van der Waals surface area contributed by atoms with Gasteiger partial charge in [-0.05, 0) is 36.6 Å². The maximum absolute atomic E-state index is 13.0. The summed E-state index contributed by atoms with van der Waals surface area (Å²) in [6.07, 6.45) is 0.235. The summed E-state index contributed by atoms with van der Waals surface area (Å²) in [7, 11) is 1.69. The number of rotatable bonds is 8. The monoisotopic (exact) mass is 474 g/mol. The van der Waals surface area contributed by atoms with Gasteiger partial charge in [0.05, 0.1) is 29.5 Å². The van der Waals surface area contributed by atoms with Crippen LogP contribution in [-0.2, 0) is 16.0 Å². The molecular weight excluding hydrogens is 448 g/mol. The molecule has 1 aliphatic heterocycles. The summed E-state index contributed by atoms with van der Waals surface area (Å²) >= 11 is 1.61. The van der Waals surface area contributed by atoms with E-state index >= 15 is 0 Å². The molecule has 0 fully saturated rings. The third-order valence-electron chi connectivity index (χ3n) is 5.86. The van der Waals surface area contributed by atoms with Crippen molar-refractivity contribution in [3.8, 4) is 22.8 Å². The molecule has 2 heterocycles. The van der Waals surface area contributed by atoms with Crippen LogP contribution in [0.1, 0.15) is 11.9 Å². The van der Waals surface area contributed by atoms with Crippen LogP contribution in [0.5, 0.6) is 11.5 Å². The molecule has 0 spiro atoms. The van der Waals surface area contributed by atoms with Crippen molar-refractivity contribution in [3.05, 3.63) is 71.1 Å². The third-order valence-corrected chi connectivity index (χ3v) is 6.77. The van der Waals surface area contributed by atoms with Gasteiger partial charge in [0.1, 0.15) is 18.1 Å². The number of ether oxygens (including phenoxy) is 3. The molecule has 1 atom stereocenters. The molecular formula is C27H26N2O4S. The molecule has 1 aliphatic rings. The molecule has 5 rings (SSSR count). The first kappa shape index (κ1) is 22.4. The van der Waals surface area contributed by atoms with E-state index in [2.05, 4.69) is 12.1 Å². The van der Waals surface area contributed by atoms with E-state index in [0.29, 0.717) is 25.5 Å². The van der Waals surface area contributed by atoms with Crippen LogP contribution in [0.2, 0.25) is 0 Å². The van der Waals surface area contributed by atoms with E-state index in [1.165, 1.54) is 0 Å². The van der Waals surface area contributed by atoms with Crippen LogP contribution in [0.25, 0.3) is 22.0 Å². The van der Waals surface area contributed by atoms with Gasteiger partial charge in [0, 0.05) is 29.9 Å². The number of amides is 1. The lowest BCUT2D eigenvalue weighted by atomic mass is 10.1. The van der Waals surface area contributed by atoms with E-state index < -0.39 is 6.10 Å². The van der Waals surface area contributed by atoms with Gasteiger partial charge < -0.3 is 19.1 Å². The number of hydrogen-bond acceptors (Lipinski definition) is 6. The number of carbonyl (C=O) groups excluding carboxylic acids is 1. The number of thiazole rings is 1. The zero-order valence-corrected chi connectivity index (χ0v) is 20.0. The van der Waals surface area contributed by atoms with Crippen molar-refractivity contribution in [1.29, 1.82) is 0 Å². The zero-order chi connectivity index (χ0) is 23.5. The summed E-state index contributed by atoms with van der Waals surface area (Å²) in [6.45, 7) is 3.21. The molecule has 0 saturated heterocycles. The number of carbonyl (C=O) groups is 1. The second-order valence-corrected chi connectivity index (χ2v) is 9.07. The zero-order valence-electron chi connectivity index (χ0n) is 19.2. The van der Waals surface area contributed by atoms with Crippen molar-refractivity contribution in [2.75, 3.05) is 31.8 Å². The van der Waals surface area contributed by atoms with Crippen LogP contribution in [0.3, 0.4) is 0 Å². The minimum Gasteiger partial charge on any atom is -0.491 e. The molecule has 34 heavy (non-hydrogen) atoms. The van der Waals surface area contributed by atoms with Gasteiger partial charge in [-0.1, -0.05) is 36.4 Å². The fourth-order valence-electron chi connectivity index (χ4n) is 4.11. The fourth-order valence-corrected chi connectivity index (χ4v) is 4.90. The molecule has 0 radical (unpaired) electrons. The normalized spacial score (nSPS) is 15.3. The van der Waals surface area contributed by atoms with Crippen LogP contribution in [0, 0.1) is 0 Å². The predicted octanol–water partition coefficient (Wildman–Crippen LogP) is 5.35. The van der Waals surface area contributed by atoms with Crippen molar-refractivity contribution in [2.45, 2.75) is 19.4 Å². The number of fused-ring (bicyclic) bond motifs is 2. The topological polar surface area (TPSA) is 60.9 Å². The molecule has 0 N–H and O–H groups in total. The van der Waals surface area contributed by atoms with E-state index in [1.54, 1.807) is 30.3 Å². The molecule has 0 aliphatic carbocycles. The summed E-state index contributed by atoms with van der Waals surface area (Å²) in [5.41, 5.74) is 2.58. The van der Waals surface area contributed by atoms with Crippen LogP contribution in [-0.4, -0.2) is 43.9 Å². The Kier molecular flexibility index (Phi) is 6.47. The van der Waals surface area contributed by atoms with Crippen LogP contribution in [0.4, 0.5) is 5.69 Å². The second-order valence-electron chi connectivity index (χ2n) is 8.13. The van der Waals surface area contributed by atoms with Crippen LogP contribution in [0.15, 0.2) is 66.0 Å². The SMILES string of the molecule is COCCc1nc(-c2ccc3c(c2)N(CCOc2cccc4ccccc24)C(=O)C(C)O3)cs1. The number of anilines is 1. The van der Waals surface area contributed by atoms with Crippen LogP contribution < -0.4 is 14.4 Å². The van der Waals surface area contributed by atoms with E-state index in [9.17, 15) is 4.79 Å². The minimum atomic E-state index is -0.546. The highest BCUT2D eigenvalue weighted by Crippen LogP contribution is 2.38. The van der Waals surface area contributed by atoms with Crippen molar-refractivity contribution in [3.63, 3.8) is 0 Å². The average Bonchev–Trinajstić information content (AvgIpc) is 3.34. The summed E-state index contributed by atoms with van der Waals surface area (Å²) < 4.78 is 17.2. The Morgan fingerprint density at radius 2 is 1.94 bits per heavy atom. The number of hydrogen-bond donors (Lipinski definition) is 0. The molecule has 6 nitrogen and oxygen atoms in total. The highest BCUT2D eigenvalue weighted by molar-refractivity contribution is 7.09. The maximum atomic E-state index is 13.0. The van der Waals surface area contributed by atoms with Gasteiger partial charge in [0.25, 0.3) is 5.91 Å². The van der Waals surface area contributed by atoms with Crippen molar-refractivity contribution >= 4 is 33.7 Å². The Bertz CT molecular complexity index is 1310. The Morgan fingerprint density at radius 1 is 1.09 bits per heavy atom. The van der Waals surface area contributed by atoms with Gasteiger partial charge in [-0.3, -0.25) is 4.79 Å². The standard InChI is InChI=1S/C27H26N2O4S/c1-18-27(30)29(13-15-32-24-9-5-7-19-6-3-4-8-21(19)24)23-16-20(10-11-25(23)33-18)22-17-34-26(28-22)12-14-31-2/h3-11,16-18H,12-15H2,1-2H3. The summed E-state index contributed by atoms with van der Waals surface area (Å²) in [6, 6.07) is 20.0. The summed E-state index contributed by atoms with van der Waals surface area (Å²) in [5.74, 6) is 1.42. The third kappa shape index (κ3) is 4.49. The highest BCUT2D eigenvalue weighted by Gasteiger charge is 2.31. The lowest BCUT2D eigenvalue weighted by Crippen LogP contribution is -2.46. The smallest absolute Gasteiger partial charge is 0.267 e. The maximum Gasteiger partial charge on any atom is 0.267 e. The molecule has 1 aromatic heterocycles. The largest absolute Gasteiger partial charge is 0.491 e. The highest BCUT2D eigenvalue weighted by atomic mass is 32.1.